The Labute approximate surface area is 241 Å². The first-order chi connectivity index (χ1) is 19.7. The van der Waals surface area contributed by atoms with E-state index >= 15 is 0 Å². The molecule has 2 N–H and O–H groups in total. The number of allylic oxidation sites excluding steroid dienone is 2. The summed E-state index contributed by atoms with van der Waals surface area (Å²) in [6, 6.07) is 18.7. The molecule has 3 heterocycles. The van der Waals surface area contributed by atoms with Crippen LogP contribution in [0.1, 0.15) is 50.8 Å². The summed E-state index contributed by atoms with van der Waals surface area (Å²) in [7, 11) is 0. The zero-order chi connectivity index (χ0) is 29.1. The minimum absolute atomic E-state index is 0. The van der Waals surface area contributed by atoms with Crippen LogP contribution in [-0.2, 0) is 10.2 Å². The zero-order valence-corrected chi connectivity index (χ0v) is 23.3. The van der Waals surface area contributed by atoms with E-state index in [-0.39, 0.29) is 20.4 Å². The van der Waals surface area contributed by atoms with E-state index in [0.29, 0.717) is 23.9 Å². The van der Waals surface area contributed by atoms with Gasteiger partial charge in [-0.3, -0.25) is 9.59 Å². The molecule has 211 valence electrons. The lowest BCUT2D eigenvalue weighted by Crippen LogP contribution is -2.35. The number of pyridine rings is 1. The maximum Gasteiger partial charge on any atom is 0.256 e. The molecule has 0 saturated heterocycles. The van der Waals surface area contributed by atoms with E-state index < -0.39 is 11.2 Å². The van der Waals surface area contributed by atoms with Crippen molar-refractivity contribution in [3.8, 4) is 0 Å². The third kappa shape index (κ3) is 5.99. The molecule has 2 amide bonds. The van der Waals surface area contributed by atoms with Crippen molar-refractivity contribution in [2.75, 3.05) is 22.1 Å². The number of carbonyl (C=O) groups is 2. The van der Waals surface area contributed by atoms with Crippen LogP contribution < -0.4 is 15.5 Å². The average Bonchev–Trinajstić information content (AvgIpc) is 3.80. The van der Waals surface area contributed by atoms with Crippen molar-refractivity contribution in [2.24, 2.45) is 0 Å². The molecule has 1 aliphatic carbocycles. The van der Waals surface area contributed by atoms with Gasteiger partial charge in [-0.2, -0.15) is 0 Å². The normalized spacial score (nSPS) is 14.4. The van der Waals surface area contributed by atoms with Gasteiger partial charge >= 0.3 is 0 Å². The van der Waals surface area contributed by atoms with Gasteiger partial charge in [0, 0.05) is 39.0 Å². The molecule has 2 aliphatic rings. The van der Waals surface area contributed by atoms with E-state index in [2.05, 4.69) is 25.6 Å². The molecule has 0 bridgehead atoms. The number of amides is 2. The molecule has 2 aromatic heterocycles. The molecule has 9 heteroatoms. The third-order valence-electron chi connectivity index (χ3n) is 6.95. The first-order valence-electron chi connectivity index (χ1n) is 13.3. The van der Waals surface area contributed by atoms with E-state index in [1.165, 1.54) is 5.57 Å². The second kappa shape index (κ2) is 11.3. The maximum atomic E-state index is 13.2. The van der Waals surface area contributed by atoms with Gasteiger partial charge in [-0.05, 0) is 86.9 Å². The first kappa shape index (κ1) is 27.6. The highest BCUT2D eigenvalue weighted by atomic mass is 19.1. The largest absolute Gasteiger partial charge is 0.324 e. The van der Waals surface area contributed by atoms with Crippen molar-refractivity contribution in [3.05, 3.63) is 114 Å². The zero-order valence-electron chi connectivity index (χ0n) is 23.3. The summed E-state index contributed by atoms with van der Waals surface area (Å²) in [5, 5.41) is 5.82. The number of aromatic nitrogens is 3. The van der Waals surface area contributed by atoms with Gasteiger partial charge in [-0.25, -0.2) is 19.3 Å². The van der Waals surface area contributed by atoms with E-state index in [4.69, 9.17) is 0 Å². The van der Waals surface area contributed by atoms with Gasteiger partial charge in [0.15, 0.2) is 5.82 Å². The van der Waals surface area contributed by atoms with Crippen molar-refractivity contribution < 1.29 is 16.8 Å². The summed E-state index contributed by atoms with van der Waals surface area (Å²) >= 11 is 0. The fourth-order valence-corrected chi connectivity index (χ4v) is 4.54. The number of rotatable bonds is 6. The van der Waals surface area contributed by atoms with Gasteiger partial charge in [0.1, 0.15) is 5.82 Å². The number of likely N-dealkylation sites (N-methyl/N-ethyl adjacent to an activating group) is 1. The summed E-state index contributed by atoms with van der Waals surface area (Å²) < 4.78 is 13.2. The van der Waals surface area contributed by atoms with Gasteiger partial charge in [-0.1, -0.05) is 24.3 Å². The number of aryl methyl sites for hydroxylation is 1. The second-order valence-corrected chi connectivity index (χ2v) is 10.2. The second-order valence-electron chi connectivity index (χ2n) is 10.2. The molecule has 0 atom stereocenters. The SMILES string of the molecule is CCN1C(=O)C(C)(C)c2cc(Nc3ncc(F)c(C)n3)ccc21.O=C(Nc1ccccn1)c1ccc(C2=C[CH]2)cc1.[HH].[HH]. The number of carbonyl (C=O) groups excluding carboxylic acids is 2. The van der Waals surface area contributed by atoms with E-state index in [9.17, 15) is 14.0 Å². The van der Waals surface area contributed by atoms with E-state index in [0.717, 1.165) is 28.7 Å². The number of fused-ring (bicyclic) bond motifs is 1. The fraction of sp³-hybridized carbons (Fsp3) is 0.188. The summed E-state index contributed by atoms with van der Waals surface area (Å²) in [4.78, 5) is 38.3. The van der Waals surface area contributed by atoms with Crippen molar-refractivity contribution in [1.82, 2.24) is 15.0 Å². The van der Waals surface area contributed by atoms with Gasteiger partial charge in [-0.15, -0.1) is 0 Å². The van der Waals surface area contributed by atoms with Crippen LogP contribution in [-0.4, -0.2) is 33.3 Å². The molecule has 0 unspecified atom stereocenters. The van der Waals surface area contributed by atoms with Gasteiger partial charge < -0.3 is 15.5 Å². The highest BCUT2D eigenvalue weighted by molar-refractivity contribution is 6.08. The van der Waals surface area contributed by atoms with Crippen LogP contribution in [0.2, 0.25) is 0 Å². The topological polar surface area (TPSA) is 100 Å². The molecule has 1 radical (unpaired) electrons. The number of benzene rings is 2. The van der Waals surface area contributed by atoms with Gasteiger partial charge in [0.25, 0.3) is 5.91 Å². The molecule has 0 saturated carbocycles. The molecule has 0 fully saturated rings. The maximum absolute atomic E-state index is 13.2. The Bertz CT molecular complexity index is 1650. The highest BCUT2D eigenvalue weighted by Crippen LogP contribution is 2.42. The molecule has 4 aromatic rings. The third-order valence-corrected chi connectivity index (χ3v) is 6.95. The molecule has 0 spiro atoms. The van der Waals surface area contributed by atoms with Crippen LogP contribution in [0.15, 0.2) is 79.1 Å². The highest BCUT2D eigenvalue weighted by Gasteiger charge is 2.43. The smallest absolute Gasteiger partial charge is 0.256 e. The average molecular weight is 554 g/mol. The fourth-order valence-electron chi connectivity index (χ4n) is 4.54. The van der Waals surface area contributed by atoms with Crippen molar-refractivity contribution in [3.63, 3.8) is 0 Å². The van der Waals surface area contributed by atoms with Gasteiger partial charge in [0.05, 0.1) is 17.3 Å². The number of hydrogen-bond acceptors (Lipinski definition) is 6. The number of hydrogen-bond donors (Lipinski definition) is 2. The minimum Gasteiger partial charge on any atom is -0.324 e. The molecular weight excluding hydrogens is 519 g/mol. The van der Waals surface area contributed by atoms with Crippen LogP contribution in [0.4, 0.5) is 27.5 Å². The minimum atomic E-state index is -0.567. The predicted molar refractivity (Wildman–Crippen MR) is 163 cm³/mol. The lowest BCUT2D eigenvalue weighted by Gasteiger charge is -2.18. The Kier molecular flexibility index (Phi) is 7.61. The lowest BCUT2D eigenvalue weighted by atomic mass is 9.86. The van der Waals surface area contributed by atoms with Crippen LogP contribution in [0.3, 0.4) is 0 Å². The molecule has 1 aliphatic heterocycles. The van der Waals surface area contributed by atoms with Crippen LogP contribution in [0.5, 0.6) is 0 Å². The number of nitrogens with one attached hydrogen (secondary N) is 2. The molecule has 2 aromatic carbocycles. The molecule has 6 rings (SSSR count). The predicted octanol–water partition coefficient (Wildman–Crippen LogP) is 6.74. The molecular formula is C32H34FN6O2. The molecule has 8 nitrogen and oxygen atoms in total. The Hall–Kier alpha value is -4.92. The van der Waals surface area contributed by atoms with Crippen molar-refractivity contribution in [2.45, 2.75) is 33.1 Å². The number of anilines is 4. The number of halogens is 1. The van der Waals surface area contributed by atoms with E-state index in [1.54, 1.807) is 24.1 Å². The lowest BCUT2D eigenvalue weighted by molar-refractivity contribution is -0.122. The summed E-state index contributed by atoms with van der Waals surface area (Å²) in [5.41, 5.74) is 5.40. The van der Waals surface area contributed by atoms with Crippen LogP contribution in [0, 0.1) is 19.2 Å². The first-order valence-corrected chi connectivity index (χ1v) is 13.3. The Morgan fingerprint density at radius 3 is 2.46 bits per heavy atom. The summed E-state index contributed by atoms with van der Waals surface area (Å²) in [5.74, 6) is 0.410. The van der Waals surface area contributed by atoms with Gasteiger partial charge in [0.2, 0.25) is 11.9 Å². The monoisotopic (exact) mass is 553 g/mol. The Balaban J connectivity index is 0.000000231. The quantitative estimate of drug-likeness (QED) is 0.274. The summed E-state index contributed by atoms with van der Waals surface area (Å²) in [6.07, 6.45) is 6.88. The standard InChI is InChI=1S/C17H19FN4O.C15H11N2O.2H2/c1-5-22-14-7-6-11(8-12(14)17(3,4)15(22)23)21-16-19-9-13(18)10(2)20-16;18-15(17-14-3-1-2-10-16-14)13-8-6-12(7-9-13)11-4-5-11;;/h6-9H,5H2,1-4H3,(H,19,20,21);1-10H,(H,16,17,18);2*1H. The van der Waals surface area contributed by atoms with Crippen molar-refractivity contribution >= 4 is 40.5 Å². The number of nitrogens with zero attached hydrogens (tertiary/aromatic N) is 4. The Morgan fingerprint density at radius 2 is 1.83 bits per heavy atom. The van der Waals surface area contributed by atoms with E-state index in [1.807, 2.05) is 87.9 Å². The molecule has 41 heavy (non-hydrogen) atoms. The van der Waals surface area contributed by atoms with Crippen LogP contribution >= 0.6 is 0 Å². The van der Waals surface area contributed by atoms with Crippen molar-refractivity contribution in [1.29, 1.82) is 0 Å². The Morgan fingerprint density at radius 1 is 1.07 bits per heavy atom. The van der Waals surface area contributed by atoms with Crippen LogP contribution in [0.25, 0.3) is 5.57 Å². The summed E-state index contributed by atoms with van der Waals surface area (Å²) in [6.45, 7) is 8.04.